The monoisotopic (exact) mass is 284 g/mol. The second kappa shape index (κ2) is 6.87. The van der Waals surface area contributed by atoms with Crippen molar-refractivity contribution in [2.45, 2.75) is 51.2 Å². The molecule has 2 rings (SSSR count). The van der Waals surface area contributed by atoms with Crippen LogP contribution in [-0.2, 0) is 9.53 Å². The van der Waals surface area contributed by atoms with Crippen LogP contribution >= 0.6 is 0 Å². The van der Waals surface area contributed by atoms with E-state index in [9.17, 15) is 9.90 Å². The van der Waals surface area contributed by atoms with E-state index < -0.39 is 11.5 Å². The molecule has 20 heavy (non-hydrogen) atoms. The summed E-state index contributed by atoms with van der Waals surface area (Å²) in [7, 11) is 0. The topological polar surface area (TPSA) is 61.8 Å². The molecule has 0 aromatic rings. The highest BCUT2D eigenvalue weighted by atomic mass is 16.5. The van der Waals surface area contributed by atoms with Gasteiger partial charge in [0.25, 0.3) is 0 Å². The van der Waals surface area contributed by atoms with E-state index >= 15 is 0 Å². The zero-order valence-electron chi connectivity index (χ0n) is 12.7. The Morgan fingerprint density at radius 1 is 1.40 bits per heavy atom. The number of likely N-dealkylation sites (N-methyl/N-ethyl adjacent to an activating group) is 1. The second-order valence-electron chi connectivity index (χ2n) is 6.04. The number of hydrogen-bond donors (Lipinski definition) is 2. The van der Waals surface area contributed by atoms with Crippen molar-refractivity contribution < 1.29 is 14.6 Å². The van der Waals surface area contributed by atoms with Crippen LogP contribution in [0.25, 0.3) is 0 Å². The molecule has 2 unspecified atom stereocenters. The van der Waals surface area contributed by atoms with E-state index in [0.29, 0.717) is 13.1 Å². The van der Waals surface area contributed by atoms with Crippen molar-refractivity contribution in [2.75, 3.05) is 32.8 Å². The maximum Gasteiger partial charge on any atom is 0.325 e. The summed E-state index contributed by atoms with van der Waals surface area (Å²) in [6.45, 7) is 7.88. The molecule has 0 aromatic carbocycles. The van der Waals surface area contributed by atoms with Gasteiger partial charge in [-0.05, 0) is 51.6 Å². The van der Waals surface area contributed by atoms with Gasteiger partial charge in [-0.1, -0.05) is 6.92 Å². The SMILES string of the molecule is CCNC(CN1CCCC(OCC)C1)(C(=O)O)C1CC1. The molecule has 1 aliphatic carbocycles. The third kappa shape index (κ3) is 3.51. The number of carboxylic acid groups (broad SMARTS) is 1. The molecular weight excluding hydrogens is 256 g/mol. The van der Waals surface area contributed by atoms with Gasteiger partial charge >= 0.3 is 5.97 Å². The van der Waals surface area contributed by atoms with Gasteiger partial charge in [-0.3, -0.25) is 9.69 Å². The van der Waals surface area contributed by atoms with Crippen molar-refractivity contribution in [3.63, 3.8) is 0 Å². The molecule has 5 nitrogen and oxygen atoms in total. The van der Waals surface area contributed by atoms with E-state index in [2.05, 4.69) is 10.2 Å². The molecule has 0 spiro atoms. The molecule has 0 radical (unpaired) electrons. The molecule has 2 atom stereocenters. The molecule has 5 heteroatoms. The number of carbonyl (C=O) groups is 1. The molecule has 1 heterocycles. The van der Waals surface area contributed by atoms with Gasteiger partial charge < -0.3 is 15.2 Å². The minimum Gasteiger partial charge on any atom is -0.480 e. The molecule has 1 saturated carbocycles. The van der Waals surface area contributed by atoms with Crippen LogP contribution in [0, 0.1) is 5.92 Å². The molecule has 0 amide bonds. The molecule has 0 bridgehead atoms. The van der Waals surface area contributed by atoms with Gasteiger partial charge in [-0.2, -0.15) is 0 Å². The third-order valence-corrected chi connectivity index (χ3v) is 4.49. The zero-order chi connectivity index (χ0) is 14.6. The zero-order valence-corrected chi connectivity index (χ0v) is 12.7. The van der Waals surface area contributed by atoms with Crippen molar-refractivity contribution in [1.82, 2.24) is 10.2 Å². The van der Waals surface area contributed by atoms with E-state index in [4.69, 9.17) is 4.74 Å². The van der Waals surface area contributed by atoms with E-state index in [1.807, 2.05) is 13.8 Å². The minimum atomic E-state index is -0.761. The van der Waals surface area contributed by atoms with Gasteiger partial charge in [-0.15, -0.1) is 0 Å². The summed E-state index contributed by atoms with van der Waals surface area (Å²) < 4.78 is 5.71. The van der Waals surface area contributed by atoms with Crippen LogP contribution in [0.3, 0.4) is 0 Å². The molecule has 1 aliphatic heterocycles. The summed E-state index contributed by atoms with van der Waals surface area (Å²) in [6, 6.07) is 0. The summed E-state index contributed by atoms with van der Waals surface area (Å²) >= 11 is 0. The first-order valence-corrected chi connectivity index (χ1v) is 7.94. The number of rotatable bonds is 8. The maximum atomic E-state index is 11.9. The first kappa shape index (κ1) is 15.7. The lowest BCUT2D eigenvalue weighted by Crippen LogP contribution is -2.62. The highest BCUT2D eigenvalue weighted by Crippen LogP contribution is 2.40. The van der Waals surface area contributed by atoms with Crippen molar-refractivity contribution in [1.29, 1.82) is 0 Å². The number of hydrogen-bond acceptors (Lipinski definition) is 4. The summed E-state index contributed by atoms with van der Waals surface area (Å²) in [5.74, 6) is -0.409. The third-order valence-electron chi connectivity index (χ3n) is 4.49. The summed E-state index contributed by atoms with van der Waals surface area (Å²) in [6.07, 6.45) is 4.51. The second-order valence-corrected chi connectivity index (χ2v) is 6.04. The Bertz CT molecular complexity index is 331. The summed E-state index contributed by atoms with van der Waals surface area (Å²) in [5.41, 5.74) is -0.761. The minimum absolute atomic E-state index is 0.265. The van der Waals surface area contributed by atoms with Gasteiger partial charge in [0.2, 0.25) is 0 Å². The number of aliphatic carboxylic acids is 1. The van der Waals surface area contributed by atoms with Crippen molar-refractivity contribution in [2.24, 2.45) is 5.92 Å². The Hall–Kier alpha value is -0.650. The predicted molar refractivity (Wildman–Crippen MR) is 77.9 cm³/mol. The molecule has 2 N–H and O–H groups in total. The van der Waals surface area contributed by atoms with E-state index in [0.717, 1.165) is 45.4 Å². The Kier molecular flexibility index (Phi) is 5.41. The number of piperidine rings is 1. The average molecular weight is 284 g/mol. The van der Waals surface area contributed by atoms with Crippen LogP contribution in [0.15, 0.2) is 0 Å². The molecule has 2 fully saturated rings. The van der Waals surface area contributed by atoms with Crippen LogP contribution in [0.5, 0.6) is 0 Å². The van der Waals surface area contributed by atoms with E-state index in [-0.39, 0.29) is 12.0 Å². The maximum absolute atomic E-state index is 11.9. The number of nitrogens with one attached hydrogen (secondary N) is 1. The van der Waals surface area contributed by atoms with Crippen molar-refractivity contribution >= 4 is 5.97 Å². The van der Waals surface area contributed by atoms with Gasteiger partial charge in [0.15, 0.2) is 0 Å². The quantitative estimate of drug-likeness (QED) is 0.704. The molecule has 2 aliphatic rings. The van der Waals surface area contributed by atoms with Crippen LogP contribution in [0.2, 0.25) is 0 Å². The van der Waals surface area contributed by atoms with E-state index in [1.54, 1.807) is 0 Å². The normalized spacial score (nSPS) is 27.2. The fraction of sp³-hybridized carbons (Fsp3) is 0.933. The van der Waals surface area contributed by atoms with Crippen LogP contribution in [0.1, 0.15) is 39.5 Å². The van der Waals surface area contributed by atoms with Crippen LogP contribution < -0.4 is 5.32 Å². The van der Waals surface area contributed by atoms with Crippen molar-refractivity contribution in [3.05, 3.63) is 0 Å². The van der Waals surface area contributed by atoms with Gasteiger partial charge in [0.05, 0.1) is 6.10 Å². The summed E-state index contributed by atoms with van der Waals surface area (Å²) in [5, 5.41) is 13.0. The molecule has 0 aromatic heterocycles. The molecular formula is C15H28N2O3. The Morgan fingerprint density at radius 2 is 2.15 bits per heavy atom. The number of ether oxygens (including phenoxy) is 1. The average Bonchev–Trinajstić information content (AvgIpc) is 3.23. The lowest BCUT2D eigenvalue weighted by molar-refractivity contribution is -0.147. The number of likely N-dealkylation sites (tertiary alicyclic amines) is 1. The fourth-order valence-corrected chi connectivity index (χ4v) is 3.42. The van der Waals surface area contributed by atoms with E-state index in [1.165, 1.54) is 0 Å². The predicted octanol–water partition coefficient (Wildman–Crippen LogP) is 1.33. The smallest absolute Gasteiger partial charge is 0.325 e. The fourth-order valence-electron chi connectivity index (χ4n) is 3.42. The first-order chi connectivity index (χ1) is 9.62. The lowest BCUT2D eigenvalue weighted by atomic mass is 9.91. The first-order valence-electron chi connectivity index (χ1n) is 7.94. The van der Waals surface area contributed by atoms with Crippen molar-refractivity contribution in [3.8, 4) is 0 Å². The Labute approximate surface area is 121 Å². The Balaban J connectivity index is 2.01. The number of carboxylic acids is 1. The Morgan fingerprint density at radius 3 is 2.70 bits per heavy atom. The summed E-state index contributed by atoms with van der Waals surface area (Å²) in [4.78, 5) is 14.1. The van der Waals surface area contributed by atoms with Gasteiger partial charge in [0.1, 0.15) is 5.54 Å². The van der Waals surface area contributed by atoms with Gasteiger partial charge in [-0.25, -0.2) is 0 Å². The van der Waals surface area contributed by atoms with Gasteiger partial charge in [0, 0.05) is 19.7 Å². The molecule has 1 saturated heterocycles. The highest BCUT2D eigenvalue weighted by molar-refractivity contribution is 5.80. The van der Waals surface area contributed by atoms with Crippen LogP contribution in [0.4, 0.5) is 0 Å². The molecule has 116 valence electrons. The largest absolute Gasteiger partial charge is 0.480 e. The highest BCUT2D eigenvalue weighted by Gasteiger charge is 2.51. The standard InChI is InChI=1S/C15H28N2O3/c1-3-16-15(14(18)19,12-7-8-12)11-17-9-5-6-13(10-17)20-4-2/h12-13,16H,3-11H2,1-2H3,(H,18,19). The van der Waals surface area contributed by atoms with Crippen LogP contribution in [-0.4, -0.2) is 60.4 Å². The number of nitrogens with zero attached hydrogens (tertiary/aromatic N) is 1. The lowest BCUT2D eigenvalue weighted by Gasteiger charge is -2.39.